The SMILES string of the molecule is CCCCCCCCOc1ccc(C=C2SC(=S)N(c3cccc(C)c3)C2=O)cc1. The molecule has 0 bridgehead atoms. The molecule has 158 valence electrons. The van der Waals surface area contributed by atoms with Crippen molar-refractivity contribution < 1.29 is 9.53 Å². The number of carbonyl (C=O) groups excluding carboxylic acids is 1. The first-order chi connectivity index (χ1) is 14.6. The van der Waals surface area contributed by atoms with Gasteiger partial charge in [0.05, 0.1) is 17.2 Å². The van der Waals surface area contributed by atoms with Crippen molar-refractivity contribution in [2.24, 2.45) is 0 Å². The molecular formula is C25H29NO2S2. The zero-order valence-corrected chi connectivity index (χ0v) is 19.4. The molecule has 0 unspecified atom stereocenters. The largest absolute Gasteiger partial charge is 0.494 e. The standard InChI is InChI=1S/C25H29NO2S2/c1-3-4-5-6-7-8-16-28-22-14-12-20(13-15-22)18-23-24(27)26(25(29)30-23)21-11-9-10-19(2)17-21/h9-15,17-18H,3-8,16H2,1-2H3. The van der Waals surface area contributed by atoms with Crippen molar-refractivity contribution in [1.29, 1.82) is 0 Å². The van der Waals surface area contributed by atoms with E-state index in [0.717, 1.165) is 35.6 Å². The van der Waals surface area contributed by atoms with Gasteiger partial charge in [0.2, 0.25) is 0 Å². The van der Waals surface area contributed by atoms with Gasteiger partial charge in [-0.05, 0) is 54.8 Å². The summed E-state index contributed by atoms with van der Waals surface area (Å²) in [5.41, 5.74) is 2.88. The first kappa shape index (κ1) is 22.6. The molecule has 0 spiro atoms. The van der Waals surface area contributed by atoms with E-state index in [0.29, 0.717) is 9.23 Å². The molecule has 30 heavy (non-hydrogen) atoms. The van der Waals surface area contributed by atoms with E-state index >= 15 is 0 Å². The van der Waals surface area contributed by atoms with Crippen molar-refractivity contribution in [1.82, 2.24) is 0 Å². The van der Waals surface area contributed by atoms with Crippen molar-refractivity contribution in [2.75, 3.05) is 11.5 Å². The van der Waals surface area contributed by atoms with Gasteiger partial charge >= 0.3 is 0 Å². The predicted molar refractivity (Wildman–Crippen MR) is 132 cm³/mol. The predicted octanol–water partition coefficient (Wildman–Crippen LogP) is 7.14. The maximum atomic E-state index is 12.9. The number of nitrogens with zero attached hydrogens (tertiary/aromatic N) is 1. The van der Waals surface area contributed by atoms with Crippen LogP contribution in [-0.4, -0.2) is 16.8 Å². The van der Waals surface area contributed by atoms with Crippen LogP contribution in [0.4, 0.5) is 5.69 Å². The van der Waals surface area contributed by atoms with Crippen LogP contribution in [0.3, 0.4) is 0 Å². The van der Waals surface area contributed by atoms with Gasteiger partial charge in [0.1, 0.15) is 5.75 Å². The van der Waals surface area contributed by atoms with Gasteiger partial charge in [-0.15, -0.1) is 0 Å². The quantitative estimate of drug-likeness (QED) is 0.223. The van der Waals surface area contributed by atoms with E-state index < -0.39 is 0 Å². The fourth-order valence-electron chi connectivity index (χ4n) is 3.34. The number of ether oxygens (including phenoxy) is 1. The Bertz CT molecular complexity index is 906. The number of unbranched alkanes of at least 4 members (excludes halogenated alkanes) is 5. The Labute approximate surface area is 189 Å². The molecular weight excluding hydrogens is 410 g/mol. The molecule has 1 heterocycles. The number of thioether (sulfide) groups is 1. The average Bonchev–Trinajstić information content (AvgIpc) is 3.01. The smallest absolute Gasteiger partial charge is 0.270 e. The summed E-state index contributed by atoms with van der Waals surface area (Å²) < 4.78 is 6.41. The molecule has 0 atom stereocenters. The highest BCUT2D eigenvalue weighted by atomic mass is 32.2. The van der Waals surface area contributed by atoms with Gasteiger partial charge in [-0.25, -0.2) is 0 Å². The lowest BCUT2D eigenvalue weighted by molar-refractivity contribution is -0.113. The minimum absolute atomic E-state index is 0.0704. The first-order valence-electron chi connectivity index (χ1n) is 10.7. The fourth-order valence-corrected chi connectivity index (χ4v) is 4.64. The molecule has 0 aromatic heterocycles. The maximum Gasteiger partial charge on any atom is 0.270 e. The number of anilines is 1. The third-order valence-electron chi connectivity index (χ3n) is 5.00. The minimum Gasteiger partial charge on any atom is -0.494 e. The van der Waals surface area contributed by atoms with E-state index in [4.69, 9.17) is 17.0 Å². The second-order valence-electron chi connectivity index (χ2n) is 7.54. The second-order valence-corrected chi connectivity index (χ2v) is 9.22. The number of rotatable bonds is 10. The summed E-state index contributed by atoms with van der Waals surface area (Å²) in [5, 5.41) is 0. The molecule has 0 radical (unpaired) electrons. The lowest BCUT2D eigenvalue weighted by atomic mass is 10.1. The lowest BCUT2D eigenvalue weighted by Crippen LogP contribution is -2.27. The highest BCUT2D eigenvalue weighted by Gasteiger charge is 2.33. The molecule has 1 saturated heterocycles. The van der Waals surface area contributed by atoms with Crippen LogP contribution in [-0.2, 0) is 4.79 Å². The zero-order chi connectivity index (χ0) is 21.3. The van der Waals surface area contributed by atoms with Crippen molar-refractivity contribution in [2.45, 2.75) is 52.4 Å². The monoisotopic (exact) mass is 439 g/mol. The average molecular weight is 440 g/mol. The summed E-state index contributed by atoms with van der Waals surface area (Å²) in [4.78, 5) is 15.1. The van der Waals surface area contributed by atoms with Gasteiger partial charge in [-0.3, -0.25) is 9.69 Å². The number of carbonyl (C=O) groups is 1. The van der Waals surface area contributed by atoms with Gasteiger partial charge in [0, 0.05) is 0 Å². The van der Waals surface area contributed by atoms with Crippen molar-refractivity contribution in [3.8, 4) is 5.75 Å². The minimum atomic E-state index is -0.0704. The Balaban J connectivity index is 1.55. The molecule has 2 aromatic carbocycles. The van der Waals surface area contributed by atoms with E-state index in [-0.39, 0.29) is 5.91 Å². The topological polar surface area (TPSA) is 29.5 Å². The number of hydrogen-bond acceptors (Lipinski definition) is 4. The Morgan fingerprint density at radius 1 is 1.03 bits per heavy atom. The summed E-state index contributed by atoms with van der Waals surface area (Å²) in [7, 11) is 0. The molecule has 0 N–H and O–H groups in total. The van der Waals surface area contributed by atoms with Gasteiger partial charge in [-0.2, -0.15) is 0 Å². The molecule has 1 aliphatic rings. The summed E-state index contributed by atoms with van der Waals surface area (Å²) in [6.45, 7) is 4.99. The highest BCUT2D eigenvalue weighted by Crippen LogP contribution is 2.36. The summed E-state index contributed by atoms with van der Waals surface area (Å²) in [6.07, 6.45) is 9.42. The second kappa shape index (κ2) is 11.3. The normalized spacial score (nSPS) is 15.3. The molecule has 1 amide bonds. The highest BCUT2D eigenvalue weighted by molar-refractivity contribution is 8.27. The van der Waals surface area contributed by atoms with Gasteiger partial charge in [0.25, 0.3) is 5.91 Å². The summed E-state index contributed by atoms with van der Waals surface area (Å²) >= 11 is 6.80. The number of aryl methyl sites for hydroxylation is 1. The van der Waals surface area contributed by atoms with Crippen LogP contribution in [0.15, 0.2) is 53.4 Å². The number of thiocarbonyl (C=S) groups is 1. The molecule has 2 aromatic rings. The summed E-state index contributed by atoms with van der Waals surface area (Å²) in [6, 6.07) is 15.7. The van der Waals surface area contributed by atoms with Crippen LogP contribution in [0, 0.1) is 6.92 Å². The fraction of sp³-hybridized carbons (Fsp3) is 0.360. The molecule has 0 saturated carbocycles. The van der Waals surface area contributed by atoms with E-state index in [1.807, 2.05) is 61.5 Å². The number of benzene rings is 2. The Kier molecular flexibility index (Phi) is 8.52. The number of hydrogen-bond donors (Lipinski definition) is 0. The van der Waals surface area contributed by atoms with E-state index in [1.54, 1.807) is 4.90 Å². The van der Waals surface area contributed by atoms with Crippen LogP contribution in [0.5, 0.6) is 5.75 Å². The third kappa shape index (κ3) is 6.19. The molecule has 3 nitrogen and oxygen atoms in total. The van der Waals surface area contributed by atoms with Crippen LogP contribution in [0.1, 0.15) is 56.6 Å². The van der Waals surface area contributed by atoms with Crippen LogP contribution >= 0.6 is 24.0 Å². The van der Waals surface area contributed by atoms with Gasteiger partial charge in [0.15, 0.2) is 4.32 Å². The van der Waals surface area contributed by atoms with E-state index in [2.05, 4.69) is 6.92 Å². The number of amides is 1. The Morgan fingerprint density at radius 3 is 2.50 bits per heavy atom. The summed E-state index contributed by atoms with van der Waals surface area (Å²) in [5.74, 6) is 0.798. The lowest BCUT2D eigenvalue weighted by Gasteiger charge is -2.14. The molecule has 1 aliphatic heterocycles. The van der Waals surface area contributed by atoms with Crippen LogP contribution in [0.25, 0.3) is 6.08 Å². The first-order valence-corrected chi connectivity index (χ1v) is 11.9. The van der Waals surface area contributed by atoms with Crippen molar-refractivity contribution in [3.05, 3.63) is 64.6 Å². The van der Waals surface area contributed by atoms with Crippen LogP contribution < -0.4 is 9.64 Å². The van der Waals surface area contributed by atoms with Gasteiger partial charge in [-0.1, -0.05) is 87.3 Å². The van der Waals surface area contributed by atoms with Crippen LogP contribution in [0.2, 0.25) is 0 Å². The van der Waals surface area contributed by atoms with Crippen molar-refractivity contribution in [3.63, 3.8) is 0 Å². The molecule has 5 heteroatoms. The Hall–Kier alpha value is -2.11. The van der Waals surface area contributed by atoms with Gasteiger partial charge < -0.3 is 4.74 Å². The van der Waals surface area contributed by atoms with E-state index in [1.165, 1.54) is 43.9 Å². The van der Waals surface area contributed by atoms with E-state index in [9.17, 15) is 4.79 Å². The molecule has 1 fully saturated rings. The van der Waals surface area contributed by atoms with Crippen molar-refractivity contribution >= 4 is 46.0 Å². The maximum absolute atomic E-state index is 12.9. The molecule has 0 aliphatic carbocycles. The zero-order valence-electron chi connectivity index (χ0n) is 17.7. The third-order valence-corrected chi connectivity index (χ3v) is 6.30. The Morgan fingerprint density at radius 2 is 1.77 bits per heavy atom. The molecule has 3 rings (SSSR count).